The van der Waals surface area contributed by atoms with Gasteiger partial charge in [0, 0.05) is 11.3 Å². The number of halogens is 1. The van der Waals surface area contributed by atoms with Crippen LogP contribution >= 0.6 is 0 Å². The molecular weight excluding hydrogens is 289 g/mol. The number of amides is 1. The van der Waals surface area contributed by atoms with E-state index in [1.54, 1.807) is 16.8 Å². The Balaban J connectivity index is 1.98. The largest absolute Gasteiger partial charge is 0.480 e. The zero-order chi connectivity index (χ0) is 15.7. The monoisotopic (exact) mass is 303 g/mol. The van der Waals surface area contributed by atoms with Crippen molar-refractivity contribution in [2.45, 2.75) is 19.3 Å². The molecule has 2 N–H and O–H groups in total. The van der Waals surface area contributed by atoms with E-state index in [2.05, 4.69) is 10.4 Å². The molecule has 1 aromatic heterocycles. The van der Waals surface area contributed by atoms with E-state index in [1.807, 2.05) is 0 Å². The van der Waals surface area contributed by atoms with E-state index in [1.165, 1.54) is 12.1 Å². The number of fused-ring (bicyclic) bond motifs is 1. The van der Waals surface area contributed by atoms with Crippen molar-refractivity contribution < 1.29 is 19.1 Å². The van der Waals surface area contributed by atoms with Gasteiger partial charge in [-0.2, -0.15) is 5.10 Å². The summed E-state index contributed by atoms with van der Waals surface area (Å²) in [5.41, 5.74) is 2.46. The predicted molar refractivity (Wildman–Crippen MR) is 75.5 cm³/mol. The van der Waals surface area contributed by atoms with Crippen LogP contribution in [0.4, 0.5) is 4.39 Å². The Morgan fingerprint density at radius 1 is 1.36 bits per heavy atom. The summed E-state index contributed by atoms with van der Waals surface area (Å²) in [7, 11) is 0. The van der Waals surface area contributed by atoms with Gasteiger partial charge in [0.15, 0.2) is 5.69 Å². The normalized spacial score (nSPS) is 13.0. The summed E-state index contributed by atoms with van der Waals surface area (Å²) in [6, 6.07) is 5.99. The first-order valence-corrected chi connectivity index (χ1v) is 6.93. The van der Waals surface area contributed by atoms with Crippen LogP contribution in [0.3, 0.4) is 0 Å². The highest BCUT2D eigenvalue weighted by Crippen LogP contribution is 2.27. The van der Waals surface area contributed by atoms with Crippen molar-refractivity contribution in [1.29, 1.82) is 0 Å². The number of carbonyl (C=O) groups excluding carboxylic acids is 1. The van der Waals surface area contributed by atoms with Crippen LogP contribution in [0.15, 0.2) is 24.3 Å². The van der Waals surface area contributed by atoms with Crippen LogP contribution < -0.4 is 5.32 Å². The molecule has 0 unspecified atom stereocenters. The second-order valence-electron chi connectivity index (χ2n) is 5.10. The average molecular weight is 303 g/mol. The van der Waals surface area contributed by atoms with Crippen LogP contribution in [0.1, 0.15) is 28.2 Å². The summed E-state index contributed by atoms with van der Waals surface area (Å²) in [5.74, 6) is -2.01. The molecule has 0 aliphatic heterocycles. The maximum absolute atomic E-state index is 13.4. The summed E-state index contributed by atoms with van der Waals surface area (Å²) in [4.78, 5) is 22.6. The molecule has 1 heterocycles. The van der Waals surface area contributed by atoms with Gasteiger partial charge in [0.1, 0.15) is 12.4 Å². The molecule has 3 rings (SSSR count). The maximum Gasteiger partial charge on any atom is 0.322 e. The maximum atomic E-state index is 13.4. The fourth-order valence-electron chi connectivity index (χ4n) is 2.68. The summed E-state index contributed by atoms with van der Waals surface area (Å²) < 4.78 is 15.0. The quantitative estimate of drug-likeness (QED) is 0.892. The van der Waals surface area contributed by atoms with Gasteiger partial charge in [-0.05, 0) is 37.5 Å². The second kappa shape index (κ2) is 5.59. The van der Waals surface area contributed by atoms with Crippen LogP contribution in [0.2, 0.25) is 0 Å². The van der Waals surface area contributed by atoms with Crippen molar-refractivity contribution in [2.24, 2.45) is 0 Å². The molecule has 1 aliphatic carbocycles. The van der Waals surface area contributed by atoms with Crippen LogP contribution in [0, 0.1) is 5.82 Å². The number of nitrogens with zero attached hydrogens (tertiary/aromatic N) is 2. The highest BCUT2D eigenvalue weighted by atomic mass is 19.1. The number of benzene rings is 1. The smallest absolute Gasteiger partial charge is 0.322 e. The molecule has 7 heteroatoms. The van der Waals surface area contributed by atoms with E-state index in [0.29, 0.717) is 12.1 Å². The van der Waals surface area contributed by atoms with Crippen LogP contribution in [-0.4, -0.2) is 33.3 Å². The first-order chi connectivity index (χ1) is 10.6. The van der Waals surface area contributed by atoms with E-state index in [-0.39, 0.29) is 11.5 Å². The molecule has 1 amide bonds. The first kappa shape index (κ1) is 14.2. The molecule has 0 spiro atoms. The number of carbonyl (C=O) groups is 2. The molecule has 6 nitrogen and oxygen atoms in total. The molecule has 0 saturated carbocycles. The lowest BCUT2D eigenvalue weighted by Gasteiger charge is -2.05. The first-order valence-electron chi connectivity index (χ1n) is 6.93. The number of carboxylic acid groups (broad SMARTS) is 1. The van der Waals surface area contributed by atoms with Crippen molar-refractivity contribution in [3.8, 4) is 5.69 Å². The van der Waals surface area contributed by atoms with Crippen LogP contribution in [0.5, 0.6) is 0 Å². The van der Waals surface area contributed by atoms with Crippen molar-refractivity contribution in [1.82, 2.24) is 15.1 Å². The van der Waals surface area contributed by atoms with Crippen LogP contribution in [0.25, 0.3) is 5.69 Å². The van der Waals surface area contributed by atoms with Gasteiger partial charge < -0.3 is 10.4 Å². The number of aromatic nitrogens is 2. The molecule has 1 aliphatic rings. The molecule has 0 atom stereocenters. The number of carboxylic acids is 1. The van der Waals surface area contributed by atoms with Gasteiger partial charge >= 0.3 is 5.97 Å². The lowest BCUT2D eigenvalue weighted by atomic mass is 10.2. The molecule has 0 saturated heterocycles. The average Bonchev–Trinajstić information content (AvgIpc) is 3.06. The predicted octanol–water partition coefficient (Wildman–Crippen LogP) is 1.31. The minimum Gasteiger partial charge on any atom is -0.480 e. The third-order valence-corrected chi connectivity index (χ3v) is 3.60. The lowest BCUT2D eigenvalue weighted by Crippen LogP contribution is -2.30. The number of nitrogens with one attached hydrogen (secondary N) is 1. The lowest BCUT2D eigenvalue weighted by molar-refractivity contribution is -0.135. The van der Waals surface area contributed by atoms with Crippen molar-refractivity contribution in [3.05, 3.63) is 47.0 Å². The SMILES string of the molecule is O=C(O)CNC(=O)c1nn(-c2cccc(F)c2)c2c1CCC2. The van der Waals surface area contributed by atoms with Gasteiger partial charge in [-0.1, -0.05) is 6.07 Å². The molecule has 0 fully saturated rings. The molecule has 0 radical (unpaired) electrons. The van der Waals surface area contributed by atoms with Crippen molar-refractivity contribution >= 4 is 11.9 Å². The Hall–Kier alpha value is -2.70. The standard InChI is InChI=1S/C15H14FN3O3/c16-9-3-1-4-10(7-9)19-12-6-2-5-11(12)14(18-19)15(22)17-8-13(20)21/h1,3-4,7H,2,5-6,8H2,(H,17,22)(H,20,21). The van der Waals surface area contributed by atoms with Crippen molar-refractivity contribution in [3.63, 3.8) is 0 Å². The Kier molecular flexibility index (Phi) is 3.62. The van der Waals surface area contributed by atoms with E-state index < -0.39 is 18.4 Å². The Bertz CT molecular complexity index is 754. The Morgan fingerprint density at radius 2 is 2.18 bits per heavy atom. The van der Waals surface area contributed by atoms with E-state index in [9.17, 15) is 14.0 Å². The number of hydrogen-bond donors (Lipinski definition) is 2. The molecule has 114 valence electrons. The number of rotatable bonds is 4. The topological polar surface area (TPSA) is 84.2 Å². The van der Waals surface area contributed by atoms with Gasteiger partial charge in [-0.3, -0.25) is 9.59 Å². The summed E-state index contributed by atoms with van der Waals surface area (Å²) in [6.45, 7) is -0.458. The van der Waals surface area contributed by atoms with Gasteiger partial charge in [-0.15, -0.1) is 0 Å². The molecule has 22 heavy (non-hydrogen) atoms. The summed E-state index contributed by atoms with van der Waals surface area (Å²) in [5, 5.41) is 15.2. The zero-order valence-electron chi connectivity index (χ0n) is 11.7. The number of aliphatic carboxylic acids is 1. The zero-order valence-corrected chi connectivity index (χ0v) is 11.7. The highest BCUT2D eigenvalue weighted by molar-refractivity contribution is 5.95. The Morgan fingerprint density at radius 3 is 2.91 bits per heavy atom. The third kappa shape index (κ3) is 2.57. The number of hydrogen-bond acceptors (Lipinski definition) is 3. The summed E-state index contributed by atoms with van der Waals surface area (Å²) in [6.07, 6.45) is 2.35. The molecule has 2 aromatic rings. The fourth-order valence-corrected chi connectivity index (χ4v) is 2.68. The molecule has 1 aromatic carbocycles. The third-order valence-electron chi connectivity index (χ3n) is 3.60. The second-order valence-corrected chi connectivity index (χ2v) is 5.10. The van der Waals surface area contributed by atoms with Gasteiger partial charge in [-0.25, -0.2) is 9.07 Å². The molecular formula is C15H14FN3O3. The van der Waals surface area contributed by atoms with E-state index in [0.717, 1.165) is 24.1 Å². The van der Waals surface area contributed by atoms with Crippen LogP contribution in [-0.2, 0) is 17.6 Å². The van der Waals surface area contributed by atoms with Crippen molar-refractivity contribution in [2.75, 3.05) is 6.54 Å². The van der Waals surface area contributed by atoms with E-state index >= 15 is 0 Å². The Labute approximate surface area is 125 Å². The minimum absolute atomic E-state index is 0.220. The summed E-state index contributed by atoms with van der Waals surface area (Å²) >= 11 is 0. The highest BCUT2D eigenvalue weighted by Gasteiger charge is 2.27. The van der Waals surface area contributed by atoms with Gasteiger partial charge in [0.05, 0.1) is 5.69 Å². The van der Waals surface area contributed by atoms with Gasteiger partial charge in [0.25, 0.3) is 5.91 Å². The van der Waals surface area contributed by atoms with Gasteiger partial charge in [0.2, 0.25) is 0 Å². The minimum atomic E-state index is -1.12. The fraction of sp³-hybridized carbons (Fsp3) is 0.267. The van der Waals surface area contributed by atoms with E-state index in [4.69, 9.17) is 5.11 Å². The molecule has 0 bridgehead atoms.